The number of thiazole rings is 1. The summed E-state index contributed by atoms with van der Waals surface area (Å²) in [4.78, 5) is 12.8. The van der Waals surface area contributed by atoms with Gasteiger partial charge in [0.15, 0.2) is 0 Å². The van der Waals surface area contributed by atoms with Crippen LogP contribution in [0.2, 0.25) is 5.15 Å². The second kappa shape index (κ2) is 7.63. The monoisotopic (exact) mass is 420 g/mol. The summed E-state index contributed by atoms with van der Waals surface area (Å²) in [6.45, 7) is 0.944. The molecule has 0 aromatic carbocycles. The summed E-state index contributed by atoms with van der Waals surface area (Å²) in [5.41, 5.74) is 1.99. The maximum Gasteiger partial charge on any atom is 0.244 e. The van der Waals surface area contributed by atoms with Crippen LogP contribution in [0, 0.1) is 0 Å². The molecule has 0 spiro atoms. The fourth-order valence-corrected chi connectivity index (χ4v) is 5.67. The first kappa shape index (κ1) is 18.5. The van der Waals surface area contributed by atoms with E-state index in [1.807, 2.05) is 17.5 Å². The van der Waals surface area contributed by atoms with E-state index in [0.29, 0.717) is 13.1 Å². The lowest BCUT2D eigenvalue weighted by Gasteiger charge is -2.30. The Kier molecular flexibility index (Phi) is 5.23. The lowest BCUT2D eigenvalue weighted by atomic mass is 9.99. The molecule has 9 heteroatoms. The average Bonchev–Trinajstić information content (AvgIpc) is 3.19. The van der Waals surface area contributed by atoms with Crippen molar-refractivity contribution in [3.63, 3.8) is 0 Å². The molecule has 1 aliphatic heterocycles. The molecular weight excluding hydrogens is 404 g/mol. The highest BCUT2D eigenvalue weighted by Crippen LogP contribution is 2.34. The number of pyridine rings is 2. The highest BCUT2D eigenvalue weighted by molar-refractivity contribution is 7.89. The Morgan fingerprint density at radius 1 is 1.11 bits per heavy atom. The zero-order valence-corrected chi connectivity index (χ0v) is 16.7. The first-order valence-electron chi connectivity index (χ1n) is 8.51. The third-order valence-electron chi connectivity index (χ3n) is 4.64. The molecule has 1 fully saturated rings. The number of nitrogens with zero attached hydrogens (tertiary/aromatic N) is 4. The standard InChI is InChI=1S/C18H17ClN4O2S2/c19-17-2-1-15(11-21-17)27(24,25)23-9-5-14(6-10-23)18-22-16(12-26-18)13-3-7-20-8-4-13/h1-4,7-8,11-12,14H,5-6,9-10H2. The Labute approximate surface area is 166 Å². The van der Waals surface area contributed by atoms with Crippen molar-refractivity contribution in [2.24, 2.45) is 0 Å². The average molecular weight is 421 g/mol. The van der Waals surface area contributed by atoms with Crippen LogP contribution >= 0.6 is 22.9 Å². The molecule has 0 atom stereocenters. The number of aromatic nitrogens is 3. The number of piperidine rings is 1. The van der Waals surface area contributed by atoms with Crippen molar-refractivity contribution >= 4 is 33.0 Å². The first-order chi connectivity index (χ1) is 13.0. The van der Waals surface area contributed by atoms with Gasteiger partial charge in [0, 0.05) is 48.5 Å². The molecule has 0 bridgehead atoms. The van der Waals surface area contributed by atoms with Crippen molar-refractivity contribution in [2.45, 2.75) is 23.7 Å². The van der Waals surface area contributed by atoms with Gasteiger partial charge in [-0.25, -0.2) is 18.4 Å². The van der Waals surface area contributed by atoms with Gasteiger partial charge in [-0.05, 0) is 37.1 Å². The van der Waals surface area contributed by atoms with Gasteiger partial charge in [-0.2, -0.15) is 4.31 Å². The summed E-state index contributed by atoms with van der Waals surface area (Å²) in [6.07, 6.45) is 6.32. The smallest absolute Gasteiger partial charge is 0.244 e. The van der Waals surface area contributed by atoms with Crippen LogP contribution in [0.3, 0.4) is 0 Å². The Hall–Kier alpha value is -1.87. The van der Waals surface area contributed by atoms with Gasteiger partial charge < -0.3 is 0 Å². The van der Waals surface area contributed by atoms with Gasteiger partial charge in [0.05, 0.1) is 10.7 Å². The van der Waals surface area contributed by atoms with Crippen LogP contribution < -0.4 is 0 Å². The Morgan fingerprint density at radius 2 is 1.85 bits per heavy atom. The van der Waals surface area contributed by atoms with Crippen molar-refractivity contribution in [3.05, 3.63) is 58.4 Å². The predicted octanol–water partition coefficient (Wildman–Crippen LogP) is 3.82. The molecule has 4 heterocycles. The summed E-state index contributed by atoms with van der Waals surface area (Å²) >= 11 is 7.39. The minimum absolute atomic E-state index is 0.180. The van der Waals surface area contributed by atoms with E-state index in [2.05, 4.69) is 9.97 Å². The highest BCUT2D eigenvalue weighted by atomic mass is 35.5. The molecule has 0 radical (unpaired) electrons. The highest BCUT2D eigenvalue weighted by Gasteiger charge is 2.31. The molecule has 140 valence electrons. The quantitative estimate of drug-likeness (QED) is 0.599. The third-order valence-corrected chi connectivity index (χ3v) is 7.75. The van der Waals surface area contributed by atoms with E-state index in [1.165, 1.54) is 22.6 Å². The molecule has 1 aliphatic rings. The van der Waals surface area contributed by atoms with E-state index in [4.69, 9.17) is 16.6 Å². The van der Waals surface area contributed by atoms with E-state index in [0.717, 1.165) is 29.1 Å². The molecule has 27 heavy (non-hydrogen) atoms. The molecule has 1 saturated heterocycles. The Balaban J connectivity index is 1.45. The normalized spacial score (nSPS) is 16.5. The van der Waals surface area contributed by atoms with Crippen LogP contribution in [0.5, 0.6) is 0 Å². The van der Waals surface area contributed by atoms with Crippen molar-refractivity contribution < 1.29 is 8.42 Å². The lowest BCUT2D eigenvalue weighted by Crippen LogP contribution is -2.37. The number of halogens is 1. The molecular formula is C18H17ClN4O2S2. The third kappa shape index (κ3) is 3.89. The van der Waals surface area contributed by atoms with E-state index in [9.17, 15) is 8.42 Å². The van der Waals surface area contributed by atoms with Gasteiger partial charge >= 0.3 is 0 Å². The summed E-state index contributed by atoms with van der Waals surface area (Å²) in [7, 11) is -3.53. The zero-order valence-electron chi connectivity index (χ0n) is 14.3. The van der Waals surface area contributed by atoms with Crippen molar-refractivity contribution in [2.75, 3.05) is 13.1 Å². The SMILES string of the molecule is O=S(=O)(c1ccc(Cl)nc1)N1CCC(c2nc(-c3ccncc3)cs2)CC1. The van der Waals surface area contributed by atoms with Crippen molar-refractivity contribution in [3.8, 4) is 11.3 Å². The van der Waals surface area contributed by atoms with Gasteiger partial charge in [0.25, 0.3) is 0 Å². The minimum atomic E-state index is -3.53. The van der Waals surface area contributed by atoms with Crippen molar-refractivity contribution in [1.82, 2.24) is 19.3 Å². The van der Waals surface area contributed by atoms with Crippen LogP contribution in [0.25, 0.3) is 11.3 Å². The minimum Gasteiger partial charge on any atom is -0.265 e. The summed E-state index contributed by atoms with van der Waals surface area (Å²) in [5, 5.41) is 3.39. The molecule has 6 nitrogen and oxygen atoms in total. The lowest BCUT2D eigenvalue weighted by molar-refractivity contribution is 0.319. The van der Waals surface area contributed by atoms with Gasteiger partial charge in [0.2, 0.25) is 10.0 Å². The number of hydrogen-bond acceptors (Lipinski definition) is 6. The summed E-state index contributed by atoms with van der Waals surface area (Å²) < 4.78 is 27.0. The summed E-state index contributed by atoms with van der Waals surface area (Å²) in [6, 6.07) is 6.87. The molecule has 0 amide bonds. The molecule has 4 rings (SSSR count). The molecule has 0 saturated carbocycles. The van der Waals surface area contributed by atoms with E-state index in [-0.39, 0.29) is 16.0 Å². The molecule has 3 aromatic heterocycles. The van der Waals surface area contributed by atoms with Crippen LogP contribution in [0.4, 0.5) is 0 Å². The molecule has 3 aromatic rings. The maximum absolute atomic E-state index is 12.8. The van der Waals surface area contributed by atoms with Gasteiger partial charge in [-0.3, -0.25) is 4.98 Å². The van der Waals surface area contributed by atoms with Gasteiger partial charge in [-0.1, -0.05) is 11.6 Å². The van der Waals surface area contributed by atoms with E-state index < -0.39 is 10.0 Å². The topological polar surface area (TPSA) is 76.1 Å². The predicted molar refractivity (Wildman–Crippen MR) is 105 cm³/mol. The fourth-order valence-electron chi connectivity index (χ4n) is 3.14. The molecule has 0 unspecified atom stereocenters. The number of rotatable bonds is 4. The Bertz CT molecular complexity index is 1020. The largest absolute Gasteiger partial charge is 0.265 e. The first-order valence-corrected chi connectivity index (χ1v) is 11.2. The van der Waals surface area contributed by atoms with Crippen LogP contribution in [-0.2, 0) is 10.0 Å². The fraction of sp³-hybridized carbons (Fsp3) is 0.278. The summed E-state index contributed by atoms with van der Waals surface area (Å²) in [5.74, 6) is 0.278. The molecule has 0 N–H and O–H groups in total. The number of hydrogen-bond donors (Lipinski definition) is 0. The van der Waals surface area contributed by atoms with Crippen LogP contribution in [-0.4, -0.2) is 40.8 Å². The number of sulfonamides is 1. The molecule has 0 aliphatic carbocycles. The van der Waals surface area contributed by atoms with E-state index >= 15 is 0 Å². The second-order valence-electron chi connectivity index (χ2n) is 6.30. The van der Waals surface area contributed by atoms with Crippen LogP contribution in [0.15, 0.2) is 53.1 Å². The van der Waals surface area contributed by atoms with Gasteiger partial charge in [-0.15, -0.1) is 11.3 Å². The van der Waals surface area contributed by atoms with E-state index in [1.54, 1.807) is 23.7 Å². The zero-order chi connectivity index (χ0) is 18.9. The van der Waals surface area contributed by atoms with Gasteiger partial charge in [0.1, 0.15) is 10.0 Å². The maximum atomic E-state index is 12.8. The van der Waals surface area contributed by atoms with Crippen molar-refractivity contribution in [1.29, 1.82) is 0 Å². The second-order valence-corrected chi connectivity index (χ2v) is 9.52. The van der Waals surface area contributed by atoms with Crippen LogP contribution in [0.1, 0.15) is 23.8 Å². The Morgan fingerprint density at radius 3 is 2.52 bits per heavy atom.